The number of hydrogen-bond acceptors (Lipinski definition) is 4. The molecule has 1 fully saturated rings. The van der Waals surface area contributed by atoms with Gasteiger partial charge in [0.2, 0.25) is 11.8 Å². The second-order valence-electron chi connectivity index (χ2n) is 7.38. The van der Waals surface area contributed by atoms with E-state index in [1.165, 1.54) is 0 Å². The van der Waals surface area contributed by atoms with E-state index in [4.69, 9.17) is 10.5 Å². The van der Waals surface area contributed by atoms with Crippen molar-refractivity contribution in [1.82, 2.24) is 0 Å². The smallest absolute Gasteiger partial charge is 0.248 e. The summed E-state index contributed by atoms with van der Waals surface area (Å²) in [6.45, 7) is 6.51. The molecule has 2 aromatic carbocycles. The number of anilines is 2. The number of nitrogens with one attached hydrogen (secondary N) is 2. The molecule has 4 atom stereocenters. The zero-order valence-corrected chi connectivity index (χ0v) is 16.4. The molecule has 1 heterocycles. The van der Waals surface area contributed by atoms with E-state index in [0.29, 0.717) is 17.8 Å². The van der Waals surface area contributed by atoms with Crippen molar-refractivity contribution in [3.05, 3.63) is 59.7 Å². The fourth-order valence-electron chi connectivity index (χ4n) is 3.68. The van der Waals surface area contributed by atoms with Crippen LogP contribution in [0, 0.1) is 11.8 Å². The Morgan fingerprint density at radius 3 is 2.32 bits per heavy atom. The highest BCUT2D eigenvalue weighted by Crippen LogP contribution is 2.34. The Hall–Kier alpha value is -2.86. The summed E-state index contributed by atoms with van der Waals surface area (Å²) < 4.78 is 5.79. The molecule has 0 spiro atoms. The minimum Gasteiger partial charge on any atom is -0.379 e. The molecule has 0 aliphatic carbocycles. The van der Waals surface area contributed by atoms with Crippen LogP contribution in [0.5, 0.6) is 0 Å². The molecule has 6 heteroatoms. The van der Waals surface area contributed by atoms with Crippen molar-refractivity contribution in [3.63, 3.8) is 0 Å². The van der Waals surface area contributed by atoms with Crippen LogP contribution in [0.15, 0.2) is 48.5 Å². The molecule has 1 saturated heterocycles. The number of ether oxygens (including phenoxy) is 1. The zero-order chi connectivity index (χ0) is 20.3. The number of rotatable bonds is 6. The lowest BCUT2D eigenvalue weighted by atomic mass is 9.88. The molecule has 6 nitrogen and oxygen atoms in total. The number of amides is 2. The van der Waals surface area contributed by atoms with Crippen LogP contribution in [0.2, 0.25) is 0 Å². The van der Waals surface area contributed by atoms with Crippen LogP contribution in [0.1, 0.15) is 36.7 Å². The summed E-state index contributed by atoms with van der Waals surface area (Å²) in [5.74, 6) is -0.803. The van der Waals surface area contributed by atoms with Crippen molar-refractivity contribution >= 4 is 23.2 Å². The molecule has 1 aliphatic rings. The van der Waals surface area contributed by atoms with Crippen LogP contribution in [0.25, 0.3) is 0 Å². The molecule has 0 saturated carbocycles. The fraction of sp³-hybridized carbons (Fsp3) is 0.364. The van der Waals surface area contributed by atoms with Gasteiger partial charge in [-0.15, -0.1) is 0 Å². The van der Waals surface area contributed by atoms with Gasteiger partial charge in [0.15, 0.2) is 0 Å². The second kappa shape index (κ2) is 8.44. The lowest BCUT2D eigenvalue weighted by Gasteiger charge is -2.20. The van der Waals surface area contributed by atoms with E-state index in [1.807, 2.05) is 51.1 Å². The van der Waals surface area contributed by atoms with Gasteiger partial charge in [-0.3, -0.25) is 9.59 Å². The molecule has 4 unspecified atom stereocenters. The number of nitrogens with two attached hydrogens (primary N) is 1. The van der Waals surface area contributed by atoms with Gasteiger partial charge in [-0.1, -0.05) is 37.3 Å². The number of hydrogen-bond donors (Lipinski definition) is 3. The third-order valence-electron chi connectivity index (χ3n) is 5.43. The first-order valence-corrected chi connectivity index (χ1v) is 9.54. The molecule has 148 valence electrons. The molecule has 3 rings (SSSR count). The predicted molar refractivity (Wildman–Crippen MR) is 110 cm³/mol. The lowest BCUT2D eigenvalue weighted by Crippen LogP contribution is -2.32. The lowest BCUT2D eigenvalue weighted by molar-refractivity contribution is -0.121. The highest BCUT2D eigenvalue weighted by molar-refractivity contribution is 6.00. The van der Waals surface area contributed by atoms with E-state index < -0.39 is 5.91 Å². The highest BCUT2D eigenvalue weighted by Gasteiger charge is 2.41. The molecular weight excluding hydrogens is 354 g/mol. The van der Waals surface area contributed by atoms with Crippen LogP contribution in [-0.2, 0) is 16.1 Å². The van der Waals surface area contributed by atoms with Crippen molar-refractivity contribution in [2.45, 2.75) is 39.5 Å². The number of carbonyl (C=O) groups excluding carboxylic acids is 2. The van der Waals surface area contributed by atoms with E-state index in [-0.39, 0.29) is 30.0 Å². The van der Waals surface area contributed by atoms with Crippen molar-refractivity contribution in [2.75, 3.05) is 10.6 Å². The monoisotopic (exact) mass is 381 g/mol. The molecule has 2 amide bonds. The van der Waals surface area contributed by atoms with Crippen LogP contribution in [0.3, 0.4) is 0 Å². The Bertz CT molecular complexity index is 853. The summed E-state index contributed by atoms with van der Waals surface area (Å²) in [4.78, 5) is 24.6. The molecule has 4 N–H and O–H groups in total. The average molecular weight is 381 g/mol. The van der Waals surface area contributed by atoms with Crippen molar-refractivity contribution in [1.29, 1.82) is 0 Å². The van der Waals surface area contributed by atoms with E-state index in [0.717, 1.165) is 11.3 Å². The maximum absolute atomic E-state index is 13.0. The van der Waals surface area contributed by atoms with Gasteiger partial charge in [0.1, 0.15) is 0 Å². The highest BCUT2D eigenvalue weighted by atomic mass is 16.5. The normalized spacial score (nSPS) is 24.0. The summed E-state index contributed by atoms with van der Waals surface area (Å²) in [6.07, 6.45) is -0.136. The van der Waals surface area contributed by atoms with Crippen molar-refractivity contribution in [2.24, 2.45) is 17.6 Å². The number of carbonyl (C=O) groups is 2. The molecule has 1 aliphatic heterocycles. The van der Waals surface area contributed by atoms with E-state index >= 15 is 0 Å². The van der Waals surface area contributed by atoms with Gasteiger partial charge in [0.05, 0.1) is 29.5 Å². The standard InChI is InChI=1S/C22H27N3O3/c1-13-14(2)28-15(3)20(13)22(27)25-19-11-17(21(23)26)9-10-18(19)24-12-16-7-5-4-6-8-16/h4-11,13-15,20,24H,12H2,1-3H3,(H2,23,26)(H,25,27). The summed E-state index contributed by atoms with van der Waals surface area (Å²) in [7, 11) is 0. The Kier molecular flexibility index (Phi) is 5.99. The summed E-state index contributed by atoms with van der Waals surface area (Å²) >= 11 is 0. The molecule has 0 bridgehead atoms. The Labute approximate surface area is 165 Å². The largest absolute Gasteiger partial charge is 0.379 e. The molecule has 2 aromatic rings. The summed E-state index contributed by atoms with van der Waals surface area (Å²) in [5, 5.41) is 6.30. The summed E-state index contributed by atoms with van der Waals surface area (Å²) in [6, 6.07) is 15.0. The third kappa shape index (κ3) is 4.34. The topological polar surface area (TPSA) is 93.4 Å². The first-order valence-electron chi connectivity index (χ1n) is 9.54. The van der Waals surface area contributed by atoms with Gasteiger partial charge in [-0.2, -0.15) is 0 Å². The molecule has 28 heavy (non-hydrogen) atoms. The van der Waals surface area contributed by atoms with Gasteiger partial charge in [0.25, 0.3) is 0 Å². The predicted octanol–water partition coefficient (Wildman–Crippen LogP) is 3.40. The molecule has 0 aromatic heterocycles. The van der Waals surface area contributed by atoms with Gasteiger partial charge in [-0.05, 0) is 43.5 Å². The van der Waals surface area contributed by atoms with Crippen LogP contribution < -0.4 is 16.4 Å². The van der Waals surface area contributed by atoms with Crippen LogP contribution >= 0.6 is 0 Å². The maximum Gasteiger partial charge on any atom is 0.248 e. The quantitative estimate of drug-likeness (QED) is 0.715. The minimum atomic E-state index is -0.537. The van der Waals surface area contributed by atoms with Gasteiger partial charge in [-0.25, -0.2) is 0 Å². The minimum absolute atomic E-state index is 0.0263. The van der Waals surface area contributed by atoms with E-state index in [2.05, 4.69) is 10.6 Å². The van der Waals surface area contributed by atoms with Gasteiger partial charge >= 0.3 is 0 Å². The second-order valence-corrected chi connectivity index (χ2v) is 7.38. The molecule has 0 radical (unpaired) electrons. The van der Waals surface area contributed by atoms with Gasteiger partial charge in [0, 0.05) is 12.1 Å². The Morgan fingerprint density at radius 1 is 1.00 bits per heavy atom. The van der Waals surface area contributed by atoms with Crippen molar-refractivity contribution in [3.8, 4) is 0 Å². The fourth-order valence-corrected chi connectivity index (χ4v) is 3.68. The average Bonchev–Trinajstić information content (AvgIpc) is 2.93. The maximum atomic E-state index is 13.0. The zero-order valence-electron chi connectivity index (χ0n) is 16.4. The van der Waals surface area contributed by atoms with Gasteiger partial charge < -0.3 is 21.1 Å². The van der Waals surface area contributed by atoms with Crippen LogP contribution in [-0.4, -0.2) is 24.0 Å². The summed E-state index contributed by atoms with van der Waals surface area (Å²) in [5.41, 5.74) is 8.15. The number of primary amides is 1. The SMILES string of the molecule is CC1OC(C)C(C(=O)Nc2cc(C(N)=O)ccc2NCc2ccccc2)C1C. The molecular formula is C22H27N3O3. The first-order chi connectivity index (χ1) is 13.4. The van der Waals surface area contributed by atoms with E-state index in [9.17, 15) is 9.59 Å². The number of benzene rings is 2. The third-order valence-corrected chi connectivity index (χ3v) is 5.43. The Balaban J connectivity index is 1.81. The van der Waals surface area contributed by atoms with E-state index in [1.54, 1.807) is 18.2 Å². The first kappa shape index (κ1) is 19.9. The Morgan fingerprint density at radius 2 is 1.71 bits per heavy atom. The van der Waals surface area contributed by atoms with Crippen molar-refractivity contribution < 1.29 is 14.3 Å². The van der Waals surface area contributed by atoms with Crippen LogP contribution in [0.4, 0.5) is 11.4 Å².